The van der Waals surface area contributed by atoms with Crippen molar-refractivity contribution in [2.24, 2.45) is 5.73 Å². The van der Waals surface area contributed by atoms with E-state index in [1.165, 1.54) is 0 Å². The van der Waals surface area contributed by atoms with E-state index in [1.807, 2.05) is 13.8 Å². The molecule has 0 aliphatic heterocycles. The zero-order valence-electron chi connectivity index (χ0n) is 11.8. The Morgan fingerprint density at radius 1 is 1.37 bits per heavy atom. The SMILES string of the molecule is COCC(CNc1nnc(C)c(C)c1C(=N)N)OC. The molecule has 4 N–H and O–H groups in total. The van der Waals surface area contributed by atoms with Gasteiger partial charge in [-0.05, 0) is 19.4 Å². The molecule has 106 valence electrons. The van der Waals surface area contributed by atoms with Gasteiger partial charge < -0.3 is 20.5 Å². The number of amidine groups is 1. The van der Waals surface area contributed by atoms with Crippen molar-refractivity contribution in [2.45, 2.75) is 20.0 Å². The number of nitrogens with one attached hydrogen (secondary N) is 2. The van der Waals surface area contributed by atoms with Crippen molar-refractivity contribution in [1.82, 2.24) is 10.2 Å². The second-order valence-corrected chi connectivity index (χ2v) is 4.24. The highest BCUT2D eigenvalue weighted by molar-refractivity contribution is 6.00. The lowest BCUT2D eigenvalue weighted by Crippen LogP contribution is -2.28. The average molecular weight is 267 g/mol. The first-order valence-electron chi connectivity index (χ1n) is 5.95. The van der Waals surface area contributed by atoms with Gasteiger partial charge in [-0.1, -0.05) is 0 Å². The largest absolute Gasteiger partial charge is 0.384 e. The average Bonchev–Trinajstić information content (AvgIpc) is 2.37. The molecule has 1 heterocycles. The van der Waals surface area contributed by atoms with Crippen molar-refractivity contribution >= 4 is 11.7 Å². The monoisotopic (exact) mass is 267 g/mol. The topological polar surface area (TPSA) is 106 Å². The molecule has 0 saturated carbocycles. The van der Waals surface area contributed by atoms with E-state index in [0.717, 1.165) is 11.3 Å². The summed E-state index contributed by atoms with van der Waals surface area (Å²) in [7, 11) is 3.23. The minimum Gasteiger partial charge on any atom is -0.384 e. The van der Waals surface area contributed by atoms with Crippen molar-refractivity contribution < 1.29 is 9.47 Å². The molecule has 1 rings (SSSR count). The molecule has 7 nitrogen and oxygen atoms in total. The van der Waals surface area contributed by atoms with Crippen LogP contribution in [0.25, 0.3) is 0 Å². The number of ether oxygens (including phenoxy) is 2. The van der Waals surface area contributed by atoms with Crippen LogP contribution >= 0.6 is 0 Å². The van der Waals surface area contributed by atoms with E-state index in [0.29, 0.717) is 24.5 Å². The van der Waals surface area contributed by atoms with Crippen molar-refractivity contribution in [2.75, 3.05) is 32.7 Å². The predicted octanol–water partition coefficient (Wildman–Crippen LogP) is 0.451. The predicted molar refractivity (Wildman–Crippen MR) is 73.7 cm³/mol. The molecular formula is C12H21N5O2. The summed E-state index contributed by atoms with van der Waals surface area (Å²) in [5, 5.41) is 18.8. The summed E-state index contributed by atoms with van der Waals surface area (Å²) in [6.07, 6.45) is -0.104. The highest BCUT2D eigenvalue weighted by Gasteiger charge is 2.15. The third-order valence-corrected chi connectivity index (χ3v) is 2.91. The highest BCUT2D eigenvalue weighted by atomic mass is 16.5. The molecule has 0 fully saturated rings. The minimum absolute atomic E-state index is 0.0290. The van der Waals surface area contributed by atoms with Crippen LogP contribution in [0.1, 0.15) is 16.8 Å². The molecular weight excluding hydrogens is 246 g/mol. The normalized spacial score (nSPS) is 12.2. The highest BCUT2D eigenvalue weighted by Crippen LogP contribution is 2.17. The maximum atomic E-state index is 7.64. The first kappa shape index (κ1) is 15.3. The number of anilines is 1. The van der Waals surface area contributed by atoms with Gasteiger partial charge in [-0.3, -0.25) is 5.41 Å². The molecule has 0 saturated heterocycles. The Morgan fingerprint density at radius 2 is 2.05 bits per heavy atom. The van der Waals surface area contributed by atoms with Gasteiger partial charge in [0.25, 0.3) is 0 Å². The maximum absolute atomic E-state index is 7.64. The van der Waals surface area contributed by atoms with Gasteiger partial charge in [-0.25, -0.2) is 0 Å². The second-order valence-electron chi connectivity index (χ2n) is 4.24. The number of aryl methyl sites for hydroxylation is 1. The number of aromatic nitrogens is 2. The number of hydrogen-bond donors (Lipinski definition) is 3. The Morgan fingerprint density at radius 3 is 2.58 bits per heavy atom. The van der Waals surface area contributed by atoms with Crippen LogP contribution in [0.15, 0.2) is 0 Å². The van der Waals surface area contributed by atoms with E-state index in [1.54, 1.807) is 14.2 Å². The lowest BCUT2D eigenvalue weighted by Gasteiger charge is -2.17. The van der Waals surface area contributed by atoms with Crippen LogP contribution in [0.5, 0.6) is 0 Å². The van der Waals surface area contributed by atoms with Gasteiger partial charge in [-0.2, -0.15) is 5.10 Å². The fourth-order valence-electron chi connectivity index (χ4n) is 1.67. The molecule has 19 heavy (non-hydrogen) atoms. The van der Waals surface area contributed by atoms with Crippen LogP contribution in [0, 0.1) is 19.3 Å². The molecule has 1 unspecified atom stereocenters. The molecule has 0 spiro atoms. The third kappa shape index (κ3) is 3.87. The van der Waals surface area contributed by atoms with Crippen LogP contribution in [0.2, 0.25) is 0 Å². The van der Waals surface area contributed by atoms with Crippen molar-refractivity contribution in [1.29, 1.82) is 5.41 Å². The summed E-state index contributed by atoms with van der Waals surface area (Å²) < 4.78 is 10.3. The molecule has 0 aromatic carbocycles. The van der Waals surface area contributed by atoms with Gasteiger partial charge in [-0.15, -0.1) is 5.10 Å². The van der Waals surface area contributed by atoms with Crippen molar-refractivity contribution in [3.63, 3.8) is 0 Å². The number of hydrogen-bond acceptors (Lipinski definition) is 6. The molecule has 0 bridgehead atoms. The van der Waals surface area contributed by atoms with Gasteiger partial charge in [0, 0.05) is 20.8 Å². The Hall–Kier alpha value is -1.73. The number of nitrogen functional groups attached to an aromatic ring is 1. The summed E-state index contributed by atoms with van der Waals surface area (Å²) in [4.78, 5) is 0. The van der Waals surface area contributed by atoms with E-state index in [2.05, 4.69) is 15.5 Å². The van der Waals surface area contributed by atoms with Crippen LogP contribution in [0.4, 0.5) is 5.82 Å². The maximum Gasteiger partial charge on any atom is 0.160 e. The number of methoxy groups -OCH3 is 2. The van der Waals surface area contributed by atoms with E-state index < -0.39 is 0 Å². The Balaban J connectivity index is 2.89. The Kier molecular flexibility index (Phi) is 5.65. The Labute approximate surface area is 113 Å². The molecule has 0 radical (unpaired) electrons. The second kappa shape index (κ2) is 7.01. The van der Waals surface area contributed by atoms with E-state index in [4.69, 9.17) is 20.6 Å². The molecule has 1 aromatic heterocycles. The van der Waals surface area contributed by atoms with Crippen molar-refractivity contribution in [3.05, 3.63) is 16.8 Å². The first-order chi connectivity index (χ1) is 9.01. The molecule has 7 heteroatoms. The van der Waals surface area contributed by atoms with Gasteiger partial charge >= 0.3 is 0 Å². The Bertz CT molecular complexity index is 450. The number of rotatable bonds is 7. The molecule has 1 atom stereocenters. The van der Waals surface area contributed by atoms with Gasteiger partial charge in [0.2, 0.25) is 0 Å². The summed E-state index contributed by atoms with van der Waals surface area (Å²) in [6, 6.07) is 0. The lowest BCUT2D eigenvalue weighted by molar-refractivity contribution is 0.0365. The van der Waals surface area contributed by atoms with Crippen LogP contribution in [0.3, 0.4) is 0 Å². The molecule has 1 aromatic rings. The zero-order chi connectivity index (χ0) is 14.4. The van der Waals surface area contributed by atoms with Crippen LogP contribution in [-0.2, 0) is 9.47 Å². The van der Waals surface area contributed by atoms with Gasteiger partial charge in [0.1, 0.15) is 5.84 Å². The lowest BCUT2D eigenvalue weighted by atomic mass is 10.1. The van der Waals surface area contributed by atoms with Crippen molar-refractivity contribution in [3.8, 4) is 0 Å². The first-order valence-corrected chi connectivity index (χ1v) is 5.95. The zero-order valence-corrected chi connectivity index (χ0v) is 11.8. The fraction of sp³-hybridized carbons (Fsp3) is 0.583. The molecule has 0 aliphatic carbocycles. The minimum atomic E-state index is -0.104. The summed E-state index contributed by atoms with van der Waals surface area (Å²) in [6.45, 7) is 4.68. The quantitative estimate of drug-likeness (QED) is 0.489. The fourth-order valence-corrected chi connectivity index (χ4v) is 1.67. The molecule has 0 aliphatic rings. The van der Waals surface area contributed by atoms with Crippen LogP contribution < -0.4 is 11.1 Å². The van der Waals surface area contributed by atoms with Gasteiger partial charge in [0.15, 0.2) is 5.82 Å². The van der Waals surface area contributed by atoms with Crippen LogP contribution in [-0.4, -0.2) is 49.5 Å². The molecule has 0 amide bonds. The van der Waals surface area contributed by atoms with E-state index in [-0.39, 0.29) is 11.9 Å². The summed E-state index contributed by atoms with van der Waals surface area (Å²) in [5.74, 6) is 0.465. The van der Waals surface area contributed by atoms with E-state index in [9.17, 15) is 0 Å². The number of nitrogens with zero attached hydrogens (tertiary/aromatic N) is 2. The number of nitrogens with two attached hydrogens (primary N) is 1. The van der Waals surface area contributed by atoms with Gasteiger partial charge in [0.05, 0.1) is 24.0 Å². The third-order valence-electron chi connectivity index (χ3n) is 2.91. The summed E-state index contributed by atoms with van der Waals surface area (Å²) in [5.41, 5.74) is 7.80. The van der Waals surface area contributed by atoms with E-state index >= 15 is 0 Å². The standard InChI is InChI=1S/C12H21N5O2/c1-7-8(2)16-17-12(10(7)11(13)14)15-5-9(19-4)6-18-3/h9H,5-6H2,1-4H3,(H3,13,14)(H,15,17). The summed E-state index contributed by atoms with van der Waals surface area (Å²) >= 11 is 0. The smallest absolute Gasteiger partial charge is 0.160 e.